The van der Waals surface area contributed by atoms with E-state index in [1.165, 1.54) is 24.3 Å². The van der Waals surface area contributed by atoms with Crippen LogP contribution in [0.4, 0.5) is 5.69 Å². The highest BCUT2D eigenvalue weighted by atomic mass is 32.2. The Morgan fingerprint density at radius 3 is 2.21 bits per heavy atom. The predicted octanol–water partition coefficient (Wildman–Crippen LogP) is 2.36. The lowest BCUT2D eigenvalue weighted by molar-refractivity contribution is -0.122. The molecule has 8 heteroatoms. The fourth-order valence-electron chi connectivity index (χ4n) is 2.46. The zero-order valence-electron chi connectivity index (χ0n) is 16.4. The lowest BCUT2D eigenvalue weighted by atomic mass is 10.1. The highest BCUT2D eigenvalue weighted by molar-refractivity contribution is 7.92. The first-order valence-electron chi connectivity index (χ1n) is 8.92. The van der Waals surface area contributed by atoms with Crippen LogP contribution in [0, 0.1) is 13.8 Å². The quantitative estimate of drug-likeness (QED) is 0.660. The molecule has 0 saturated heterocycles. The smallest absolute Gasteiger partial charge is 0.261 e. The van der Waals surface area contributed by atoms with E-state index in [0.717, 1.165) is 11.1 Å². The molecule has 150 valence electrons. The summed E-state index contributed by atoms with van der Waals surface area (Å²) in [6, 6.07) is 10.3. The maximum Gasteiger partial charge on any atom is 0.261 e. The molecule has 0 fully saturated rings. The maximum atomic E-state index is 12.5. The van der Waals surface area contributed by atoms with Crippen LogP contribution in [0.3, 0.4) is 0 Å². The van der Waals surface area contributed by atoms with Gasteiger partial charge in [0, 0.05) is 17.8 Å². The molecule has 2 amide bonds. The van der Waals surface area contributed by atoms with E-state index in [2.05, 4.69) is 15.4 Å². The van der Waals surface area contributed by atoms with Gasteiger partial charge in [0.1, 0.15) is 6.04 Å². The highest BCUT2D eigenvalue weighted by Crippen LogP contribution is 2.19. The van der Waals surface area contributed by atoms with Crippen molar-refractivity contribution in [1.29, 1.82) is 0 Å². The van der Waals surface area contributed by atoms with Crippen LogP contribution in [-0.4, -0.2) is 32.8 Å². The summed E-state index contributed by atoms with van der Waals surface area (Å²) in [5, 5.41) is 5.23. The topological polar surface area (TPSA) is 104 Å². The summed E-state index contributed by atoms with van der Waals surface area (Å²) in [4.78, 5) is 24.1. The number of nitrogens with one attached hydrogen (secondary N) is 3. The van der Waals surface area contributed by atoms with E-state index >= 15 is 0 Å². The second kappa shape index (κ2) is 8.88. The molecule has 2 aromatic carbocycles. The number of rotatable bonds is 7. The summed E-state index contributed by atoms with van der Waals surface area (Å²) in [7, 11) is -3.73. The minimum absolute atomic E-state index is 0.174. The Bertz CT molecular complexity index is 969. The summed E-state index contributed by atoms with van der Waals surface area (Å²) >= 11 is 0. The number of benzene rings is 2. The Balaban J connectivity index is 2.08. The van der Waals surface area contributed by atoms with Crippen LogP contribution in [0.2, 0.25) is 0 Å². The maximum absolute atomic E-state index is 12.5. The molecule has 0 aliphatic carbocycles. The molecule has 0 saturated carbocycles. The third-order valence-corrected chi connectivity index (χ3v) is 5.66. The van der Waals surface area contributed by atoms with Crippen molar-refractivity contribution in [3.05, 3.63) is 59.2 Å². The molecule has 7 nitrogen and oxygen atoms in total. The van der Waals surface area contributed by atoms with E-state index in [1.54, 1.807) is 32.0 Å². The number of carbonyl (C=O) groups excluding carboxylic acids is 2. The number of carbonyl (C=O) groups is 2. The molecule has 0 aliphatic rings. The number of hydrogen-bond donors (Lipinski definition) is 3. The van der Waals surface area contributed by atoms with Crippen molar-refractivity contribution < 1.29 is 18.0 Å². The van der Waals surface area contributed by atoms with Gasteiger partial charge in [0.15, 0.2) is 0 Å². The standard InChI is InChI=1S/C20H25N3O4S/c1-5-21-19(24)15(4)22-20(25)16-7-9-17(10-8-16)23-28(26,27)18-11-6-13(2)14(3)12-18/h6-12,15,23H,5H2,1-4H3,(H,21,24)(H,22,25). The number of anilines is 1. The molecule has 2 aromatic rings. The third kappa shape index (κ3) is 5.32. The molecule has 28 heavy (non-hydrogen) atoms. The Kier molecular flexibility index (Phi) is 6.80. The van der Waals surface area contributed by atoms with E-state index in [4.69, 9.17) is 0 Å². The van der Waals surface area contributed by atoms with Crippen LogP contribution in [-0.2, 0) is 14.8 Å². The second-order valence-corrected chi connectivity index (χ2v) is 8.20. The summed E-state index contributed by atoms with van der Waals surface area (Å²) in [5.41, 5.74) is 2.56. The summed E-state index contributed by atoms with van der Waals surface area (Å²) in [5.74, 6) is -0.684. The average molecular weight is 404 g/mol. The van der Waals surface area contributed by atoms with E-state index in [1.807, 2.05) is 13.8 Å². The minimum atomic E-state index is -3.73. The largest absolute Gasteiger partial charge is 0.355 e. The fourth-order valence-corrected chi connectivity index (χ4v) is 3.60. The SMILES string of the molecule is CCNC(=O)C(C)NC(=O)c1ccc(NS(=O)(=O)c2ccc(C)c(C)c2)cc1. The van der Waals surface area contributed by atoms with Gasteiger partial charge in [-0.05, 0) is 75.2 Å². The van der Waals surface area contributed by atoms with Crippen LogP contribution >= 0.6 is 0 Å². The van der Waals surface area contributed by atoms with Crippen LogP contribution in [0.25, 0.3) is 0 Å². The van der Waals surface area contributed by atoms with Gasteiger partial charge in [0.2, 0.25) is 5.91 Å². The van der Waals surface area contributed by atoms with Gasteiger partial charge < -0.3 is 10.6 Å². The molecule has 0 spiro atoms. The number of hydrogen-bond acceptors (Lipinski definition) is 4. The normalized spacial score (nSPS) is 12.1. The van der Waals surface area contributed by atoms with Gasteiger partial charge in [0.05, 0.1) is 4.90 Å². The molecule has 0 radical (unpaired) electrons. The monoisotopic (exact) mass is 403 g/mol. The lowest BCUT2D eigenvalue weighted by Gasteiger charge is -2.14. The van der Waals surface area contributed by atoms with Crippen molar-refractivity contribution in [2.75, 3.05) is 11.3 Å². The molecular formula is C20H25N3O4S. The number of sulfonamides is 1. The van der Waals surface area contributed by atoms with Gasteiger partial charge in [-0.2, -0.15) is 0 Å². The molecule has 0 bridgehead atoms. The highest BCUT2D eigenvalue weighted by Gasteiger charge is 2.17. The second-order valence-electron chi connectivity index (χ2n) is 6.52. The van der Waals surface area contributed by atoms with Crippen molar-refractivity contribution in [3.8, 4) is 0 Å². The molecule has 1 unspecified atom stereocenters. The van der Waals surface area contributed by atoms with Crippen molar-refractivity contribution in [2.45, 2.75) is 38.6 Å². The van der Waals surface area contributed by atoms with Gasteiger partial charge in [-0.3, -0.25) is 14.3 Å². The van der Waals surface area contributed by atoms with Gasteiger partial charge in [-0.25, -0.2) is 8.42 Å². The summed E-state index contributed by atoms with van der Waals surface area (Å²) in [6.45, 7) is 7.63. The van der Waals surface area contributed by atoms with E-state index in [9.17, 15) is 18.0 Å². The molecule has 3 N–H and O–H groups in total. The first-order chi connectivity index (χ1) is 13.1. The van der Waals surface area contributed by atoms with Gasteiger partial charge in [-0.15, -0.1) is 0 Å². The molecule has 0 aliphatic heterocycles. The molecular weight excluding hydrogens is 378 g/mol. The zero-order chi connectivity index (χ0) is 20.9. The van der Waals surface area contributed by atoms with Crippen LogP contribution in [0.5, 0.6) is 0 Å². The Labute approximate surface area is 165 Å². The average Bonchev–Trinajstić information content (AvgIpc) is 2.64. The van der Waals surface area contributed by atoms with Crippen molar-refractivity contribution in [2.24, 2.45) is 0 Å². The Morgan fingerprint density at radius 1 is 1.00 bits per heavy atom. The number of likely N-dealkylation sites (N-methyl/N-ethyl adjacent to an activating group) is 1. The van der Waals surface area contributed by atoms with E-state index in [-0.39, 0.29) is 10.8 Å². The first-order valence-corrected chi connectivity index (χ1v) is 10.4. The molecule has 0 heterocycles. The summed E-state index contributed by atoms with van der Waals surface area (Å²) < 4.78 is 27.6. The van der Waals surface area contributed by atoms with Crippen molar-refractivity contribution in [1.82, 2.24) is 10.6 Å². The zero-order valence-corrected chi connectivity index (χ0v) is 17.2. The summed E-state index contributed by atoms with van der Waals surface area (Å²) in [6.07, 6.45) is 0. The lowest BCUT2D eigenvalue weighted by Crippen LogP contribution is -2.44. The molecule has 1 atom stereocenters. The van der Waals surface area contributed by atoms with E-state index in [0.29, 0.717) is 17.8 Å². The number of amides is 2. The van der Waals surface area contributed by atoms with Crippen LogP contribution in [0.1, 0.15) is 35.3 Å². The van der Waals surface area contributed by atoms with E-state index < -0.39 is 22.0 Å². The molecule has 2 rings (SSSR count). The first kappa shape index (κ1) is 21.4. The van der Waals surface area contributed by atoms with Crippen molar-refractivity contribution in [3.63, 3.8) is 0 Å². The Hall–Kier alpha value is -2.87. The Morgan fingerprint density at radius 2 is 1.64 bits per heavy atom. The predicted molar refractivity (Wildman–Crippen MR) is 109 cm³/mol. The third-order valence-electron chi connectivity index (χ3n) is 4.28. The van der Waals surface area contributed by atoms with Crippen molar-refractivity contribution >= 4 is 27.5 Å². The number of aryl methyl sites for hydroxylation is 2. The van der Waals surface area contributed by atoms with Crippen LogP contribution < -0.4 is 15.4 Å². The minimum Gasteiger partial charge on any atom is -0.355 e. The van der Waals surface area contributed by atoms with Crippen LogP contribution in [0.15, 0.2) is 47.4 Å². The fraction of sp³-hybridized carbons (Fsp3) is 0.300. The van der Waals surface area contributed by atoms with Gasteiger partial charge in [0.25, 0.3) is 15.9 Å². The molecule has 0 aromatic heterocycles. The van der Waals surface area contributed by atoms with Gasteiger partial charge >= 0.3 is 0 Å². The van der Waals surface area contributed by atoms with Gasteiger partial charge in [-0.1, -0.05) is 6.07 Å².